The third-order valence-corrected chi connectivity index (χ3v) is 2.27. The number of rotatable bonds is 5. The summed E-state index contributed by atoms with van der Waals surface area (Å²) < 4.78 is 3.50. The van der Waals surface area contributed by atoms with Gasteiger partial charge in [-0.25, -0.2) is 0 Å². The van der Waals surface area contributed by atoms with Crippen LogP contribution in [-0.4, -0.2) is 31.3 Å². The van der Waals surface area contributed by atoms with E-state index in [1.54, 1.807) is 15.6 Å². The summed E-state index contributed by atoms with van der Waals surface area (Å²) in [4.78, 5) is 0. The Bertz CT molecular complexity index is 444. The molecular weight excluding hydrogens is 204 g/mol. The van der Waals surface area contributed by atoms with Crippen LogP contribution in [0.25, 0.3) is 5.82 Å². The molecule has 0 unspecified atom stereocenters. The molecule has 2 rings (SSSR count). The van der Waals surface area contributed by atoms with Gasteiger partial charge in [0.2, 0.25) is 0 Å². The van der Waals surface area contributed by atoms with Gasteiger partial charge >= 0.3 is 0 Å². The molecule has 0 saturated heterocycles. The summed E-state index contributed by atoms with van der Waals surface area (Å²) in [6.45, 7) is 3.89. The van der Waals surface area contributed by atoms with E-state index < -0.39 is 0 Å². The van der Waals surface area contributed by atoms with E-state index in [9.17, 15) is 0 Å². The Labute approximate surface area is 94.3 Å². The summed E-state index contributed by atoms with van der Waals surface area (Å²) in [5.41, 5.74) is 1.02. The molecule has 6 nitrogen and oxygen atoms in total. The van der Waals surface area contributed by atoms with Gasteiger partial charge in [0.15, 0.2) is 5.82 Å². The topological polar surface area (TPSA) is 60.6 Å². The van der Waals surface area contributed by atoms with Crippen LogP contribution < -0.4 is 5.32 Å². The first-order valence-corrected chi connectivity index (χ1v) is 5.41. The van der Waals surface area contributed by atoms with Gasteiger partial charge in [0.05, 0.1) is 11.9 Å². The van der Waals surface area contributed by atoms with E-state index in [-0.39, 0.29) is 0 Å². The zero-order valence-electron chi connectivity index (χ0n) is 9.59. The van der Waals surface area contributed by atoms with Crippen LogP contribution in [0.4, 0.5) is 0 Å². The minimum Gasteiger partial charge on any atom is -0.311 e. The van der Waals surface area contributed by atoms with Crippen molar-refractivity contribution in [1.29, 1.82) is 0 Å². The van der Waals surface area contributed by atoms with Crippen molar-refractivity contribution < 1.29 is 0 Å². The van der Waals surface area contributed by atoms with Crippen molar-refractivity contribution in [3.63, 3.8) is 0 Å². The molecular formula is C10H16N6. The fraction of sp³-hybridized carbons (Fsp3) is 0.500. The van der Waals surface area contributed by atoms with Gasteiger partial charge in [-0.15, -0.1) is 5.10 Å². The van der Waals surface area contributed by atoms with E-state index in [4.69, 9.17) is 0 Å². The van der Waals surface area contributed by atoms with Gasteiger partial charge < -0.3 is 5.32 Å². The lowest BCUT2D eigenvalue weighted by molar-refractivity contribution is 0.631. The molecule has 0 aliphatic carbocycles. The van der Waals surface area contributed by atoms with E-state index in [0.29, 0.717) is 0 Å². The number of nitrogens with one attached hydrogen (secondary N) is 1. The predicted octanol–water partition coefficient (Wildman–Crippen LogP) is 0.500. The van der Waals surface area contributed by atoms with Gasteiger partial charge in [-0.1, -0.05) is 12.1 Å². The Morgan fingerprint density at radius 3 is 3.00 bits per heavy atom. The standard InChI is InChI=1S/C10H16N6/c1-3-5-11-7-9-8-12-14-16(9)10-4-6-15(2)13-10/h4,6,8,11H,3,5,7H2,1-2H3. The van der Waals surface area contributed by atoms with Crippen molar-refractivity contribution in [2.24, 2.45) is 7.05 Å². The molecule has 0 bridgehead atoms. The molecule has 0 amide bonds. The van der Waals surface area contributed by atoms with E-state index in [1.807, 2.05) is 19.3 Å². The highest BCUT2D eigenvalue weighted by Crippen LogP contribution is 2.05. The summed E-state index contributed by atoms with van der Waals surface area (Å²) in [6, 6.07) is 1.91. The molecule has 0 aliphatic rings. The first kappa shape index (κ1) is 10.8. The minimum atomic E-state index is 0.761. The fourth-order valence-corrected chi connectivity index (χ4v) is 1.48. The van der Waals surface area contributed by atoms with E-state index in [1.165, 1.54) is 0 Å². The summed E-state index contributed by atoms with van der Waals surface area (Å²) in [5.74, 6) is 0.799. The number of hydrogen-bond acceptors (Lipinski definition) is 4. The highest BCUT2D eigenvalue weighted by Gasteiger charge is 2.07. The van der Waals surface area contributed by atoms with Crippen molar-refractivity contribution in [3.05, 3.63) is 24.2 Å². The second-order valence-corrected chi connectivity index (χ2v) is 3.66. The number of nitrogens with zero attached hydrogens (tertiary/aromatic N) is 5. The van der Waals surface area contributed by atoms with Crippen molar-refractivity contribution in [2.75, 3.05) is 6.54 Å². The lowest BCUT2D eigenvalue weighted by atomic mass is 10.4. The summed E-state index contributed by atoms with van der Waals surface area (Å²) in [6.07, 6.45) is 4.77. The van der Waals surface area contributed by atoms with E-state index in [0.717, 1.165) is 31.0 Å². The van der Waals surface area contributed by atoms with Gasteiger partial charge in [0.1, 0.15) is 0 Å². The van der Waals surface area contributed by atoms with Crippen LogP contribution in [0.15, 0.2) is 18.5 Å². The van der Waals surface area contributed by atoms with Gasteiger partial charge in [-0.2, -0.15) is 9.78 Å². The van der Waals surface area contributed by atoms with Crippen LogP contribution in [0.3, 0.4) is 0 Å². The maximum absolute atomic E-state index is 4.29. The van der Waals surface area contributed by atoms with Crippen molar-refractivity contribution in [3.8, 4) is 5.82 Å². The average molecular weight is 220 g/mol. The second kappa shape index (κ2) is 4.89. The minimum absolute atomic E-state index is 0.761. The van der Waals surface area contributed by atoms with Crippen LogP contribution >= 0.6 is 0 Å². The number of aryl methyl sites for hydroxylation is 1. The molecule has 0 fully saturated rings. The molecule has 2 aromatic rings. The van der Waals surface area contributed by atoms with Crippen LogP contribution in [0, 0.1) is 0 Å². The quantitative estimate of drug-likeness (QED) is 0.745. The first-order valence-electron chi connectivity index (χ1n) is 5.41. The van der Waals surface area contributed by atoms with Gasteiger partial charge in [-0.05, 0) is 13.0 Å². The SMILES string of the molecule is CCCNCc1cnnn1-c1ccn(C)n1. The van der Waals surface area contributed by atoms with Gasteiger partial charge in [-0.3, -0.25) is 4.68 Å². The number of aromatic nitrogens is 5. The van der Waals surface area contributed by atoms with E-state index >= 15 is 0 Å². The Morgan fingerprint density at radius 1 is 1.44 bits per heavy atom. The molecule has 6 heteroatoms. The van der Waals surface area contributed by atoms with Crippen LogP contribution in [0.1, 0.15) is 19.0 Å². The number of hydrogen-bond donors (Lipinski definition) is 1. The van der Waals surface area contributed by atoms with Crippen LogP contribution in [0.5, 0.6) is 0 Å². The van der Waals surface area contributed by atoms with Crippen molar-refractivity contribution in [2.45, 2.75) is 19.9 Å². The molecule has 0 saturated carbocycles. The maximum Gasteiger partial charge on any atom is 0.177 e. The molecule has 0 radical (unpaired) electrons. The highest BCUT2D eigenvalue weighted by molar-refractivity contribution is 5.20. The predicted molar refractivity (Wildman–Crippen MR) is 60.1 cm³/mol. The van der Waals surface area contributed by atoms with Gasteiger partial charge in [0.25, 0.3) is 0 Å². The Kier molecular flexibility index (Phi) is 3.31. The Hall–Kier alpha value is -1.69. The average Bonchev–Trinajstić information content (AvgIpc) is 2.87. The summed E-state index contributed by atoms with van der Waals surface area (Å²) in [7, 11) is 1.88. The zero-order chi connectivity index (χ0) is 11.4. The second-order valence-electron chi connectivity index (χ2n) is 3.66. The smallest absolute Gasteiger partial charge is 0.177 e. The molecule has 86 valence electrons. The monoisotopic (exact) mass is 220 g/mol. The van der Waals surface area contributed by atoms with Gasteiger partial charge in [0, 0.05) is 25.9 Å². The lowest BCUT2D eigenvalue weighted by Gasteiger charge is -2.03. The van der Waals surface area contributed by atoms with Crippen LogP contribution in [0.2, 0.25) is 0 Å². The van der Waals surface area contributed by atoms with Crippen molar-refractivity contribution in [1.82, 2.24) is 30.1 Å². The third kappa shape index (κ3) is 2.27. The Morgan fingerprint density at radius 2 is 2.31 bits per heavy atom. The molecule has 2 aromatic heterocycles. The summed E-state index contributed by atoms with van der Waals surface area (Å²) in [5, 5.41) is 15.5. The molecule has 0 spiro atoms. The molecule has 0 aliphatic heterocycles. The fourth-order valence-electron chi connectivity index (χ4n) is 1.48. The normalized spacial score (nSPS) is 10.9. The molecule has 0 aromatic carbocycles. The molecule has 16 heavy (non-hydrogen) atoms. The molecule has 1 N–H and O–H groups in total. The maximum atomic E-state index is 4.29. The van der Waals surface area contributed by atoms with Crippen molar-refractivity contribution >= 4 is 0 Å². The largest absolute Gasteiger partial charge is 0.311 e. The zero-order valence-corrected chi connectivity index (χ0v) is 9.59. The molecule has 0 atom stereocenters. The molecule has 2 heterocycles. The van der Waals surface area contributed by atoms with E-state index in [2.05, 4.69) is 27.7 Å². The Balaban J connectivity index is 2.12. The first-order chi connectivity index (χ1) is 7.81. The summed E-state index contributed by atoms with van der Waals surface area (Å²) >= 11 is 0. The third-order valence-electron chi connectivity index (χ3n) is 2.27. The highest BCUT2D eigenvalue weighted by atomic mass is 15.5. The lowest BCUT2D eigenvalue weighted by Crippen LogP contribution is -2.17. The van der Waals surface area contributed by atoms with Crippen LogP contribution in [-0.2, 0) is 13.6 Å².